The Bertz CT molecular complexity index is 702. The van der Waals surface area contributed by atoms with E-state index in [0.29, 0.717) is 18.8 Å². The zero-order valence-corrected chi connectivity index (χ0v) is 15.0. The summed E-state index contributed by atoms with van der Waals surface area (Å²) >= 11 is 0. The summed E-state index contributed by atoms with van der Waals surface area (Å²) in [6.45, 7) is 3.82. The molecule has 0 aromatic carbocycles. The number of methoxy groups -OCH3 is 1. The number of hydrogen-bond acceptors (Lipinski definition) is 6. The summed E-state index contributed by atoms with van der Waals surface area (Å²) in [6.07, 6.45) is 9.51. The highest BCUT2D eigenvalue weighted by Crippen LogP contribution is 2.21. The maximum Gasteiger partial charge on any atom is 0.273 e. The molecule has 0 unspecified atom stereocenters. The van der Waals surface area contributed by atoms with Gasteiger partial charge in [0.25, 0.3) is 5.91 Å². The van der Waals surface area contributed by atoms with Gasteiger partial charge in [-0.1, -0.05) is 11.3 Å². The Balaban J connectivity index is 1.44. The van der Waals surface area contributed by atoms with Gasteiger partial charge in [-0.25, -0.2) is 4.68 Å². The van der Waals surface area contributed by atoms with Crippen molar-refractivity contribution in [3.63, 3.8) is 0 Å². The van der Waals surface area contributed by atoms with Crippen LogP contribution < -0.4 is 5.32 Å². The number of amides is 1. The number of carbonyl (C=O) groups excluding carboxylic acids is 1. The van der Waals surface area contributed by atoms with Crippen molar-refractivity contribution in [3.8, 4) is 0 Å². The molecular weight excluding hydrogens is 334 g/mol. The van der Waals surface area contributed by atoms with E-state index in [0.717, 1.165) is 38.2 Å². The lowest BCUT2D eigenvalue weighted by Gasteiger charge is -2.30. The van der Waals surface area contributed by atoms with Crippen LogP contribution in [0.4, 0.5) is 0 Å². The Kier molecular flexibility index (Phi) is 6.56. The molecule has 1 saturated heterocycles. The van der Waals surface area contributed by atoms with Crippen molar-refractivity contribution in [2.24, 2.45) is 0 Å². The van der Waals surface area contributed by atoms with Crippen molar-refractivity contribution < 1.29 is 13.9 Å². The first-order valence-corrected chi connectivity index (χ1v) is 8.87. The van der Waals surface area contributed by atoms with Crippen LogP contribution in [0.3, 0.4) is 0 Å². The molecule has 1 aliphatic rings. The molecule has 0 spiro atoms. The van der Waals surface area contributed by atoms with Crippen LogP contribution >= 0.6 is 0 Å². The Hall–Kier alpha value is -2.45. The van der Waals surface area contributed by atoms with E-state index in [4.69, 9.17) is 9.15 Å². The van der Waals surface area contributed by atoms with Gasteiger partial charge in [-0.3, -0.25) is 9.69 Å². The van der Waals surface area contributed by atoms with Gasteiger partial charge in [0.05, 0.1) is 25.1 Å². The summed E-state index contributed by atoms with van der Waals surface area (Å²) < 4.78 is 12.0. The molecule has 0 aliphatic carbocycles. The largest absolute Gasteiger partial charge is 0.465 e. The molecule has 1 fully saturated rings. The van der Waals surface area contributed by atoms with Crippen LogP contribution in [0, 0.1) is 0 Å². The predicted octanol–water partition coefficient (Wildman–Crippen LogP) is 1.60. The fourth-order valence-corrected chi connectivity index (χ4v) is 2.99. The smallest absolute Gasteiger partial charge is 0.273 e. The number of carbonyl (C=O) groups is 1. The van der Waals surface area contributed by atoms with Crippen molar-refractivity contribution in [3.05, 3.63) is 42.1 Å². The van der Waals surface area contributed by atoms with Gasteiger partial charge in [-0.2, -0.15) is 0 Å². The first-order chi connectivity index (χ1) is 12.8. The van der Waals surface area contributed by atoms with Crippen LogP contribution in [0.15, 0.2) is 35.1 Å². The summed E-state index contributed by atoms with van der Waals surface area (Å²) in [5.74, 6) is 0.660. The van der Waals surface area contributed by atoms with E-state index in [-0.39, 0.29) is 11.9 Å². The minimum atomic E-state index is -0.214. The second-order valence-electron chi connectivity index (χ2n) is 6.28. The molecule has 0 saturated carbocycles. The van der Waals surface area contributed by atoms with Crippen LogP contribution in [0.25, 0.3) is 6.08 Å². The molecule has 1 amide bonds. The maximum absolute atomic E-state index is 12.0. The summed E-state index contributed by atoms with van der Waals surface area (Å²) in [7, 11) is 1.60. The number of aromatic nitrogens is 3. The number of piperidine rings is 1. The molecule has 8 nitrogen and oxygen atoms in total. The van der Waals surface area contributed by atoms with Crippen LogP contribution in [0.1, 0.15) is 35.1 Å². The number of likely N-dealkylation sites (tertiary alicyclic amines) is 1. The van der Waals surface area contributed by atoms with Gasteiger partial charge < -0.3 is 14.5 Å². The lowest BCUT2D eigenvalue weighted by molar-refractivity contribution is 0.0932. The zero-order chi connectivity index (χ0) is 18.2. The minimum Gasteiger partial charge on any atom is -0.465 e. The molecule has 3 heterocycles. The summed E-state index contributed by atoms with van der Waals surface area (Å²) in [4.78, 5) is 14.4. The average Bonchev–Trinajstić information content (AvgIpc) is 3.34. The lowest BCUT2D eigenvalue weighted by atomic mass is 10.1. The average molecular weight is 359 g/mol. The number of ether oxygens (including phenoxy) is 1. The van der Waals surface area contributed by atoms with E-state index in [2.05, 4.69) is 26.6 Å². The van der Waals surface area contributed by atoms with Crippen molar-refractivity contribution in [2.75, 3.05) is 39.9 Å². The molecule has 3 rings (SSSR count). The standard InChI is InChI=1S/C18H25N5O3/c1-25-13-8-19-18(24)17-14-23(21-20-17)15-6-10-22(11-7-15)9-2-4-16-5-3-12-26-16/h2-5,12,14-15H,6-11,13H2,1H3,(H,19,24)/b4-2+. The predicted molar refractivity (Wildman–Crippen MR) is 96.7 cm³/mol. The normalized spacial score (nSPS) is 16.3. The van der Waals surface area contributed by atoms with E-state index in [1.807, 2.05) is 22.9 Å². The number of rotatable bonds is 8. The van der Waals surface area contributed by atoms with Crippen molar-refractivity contribution in [1.29, 1.82) is 0 Å². The van der Waals surface area contributed by atoms with Gasteiger partial charge in [0.1, 0.15) is 5.76 Å². The van der Waals surface area contributed by atoms with E-state index in [1.165, 1.54) is 0 Å². The van der Waals surface area contributed by atoms with Crippen molar-refractivity contribution in [2.45, 2.75) is 18.9 Å². The van der Waals surface area contributed by atoms with Gasteiger partial charge in [-0.05, 0) is 31.1 Å². The Morgan fingerprint density at radius 3 is 3.04 bits per heavy atom. The third kappa shape index (κ3) is 5.03. The van der Waals surface area contributed by atoms with Gasteiger partial charge in [-0.15, -0.1) is 5.10 Å². The summed E-state index contributed by atoms with van der Waals surface area (Å²) in [5, 5.41) is 10.9. The van der Waals surface area contributed by atoms with Crippen molar-refractivity contribution >= 4 is 12.0 Å². The lowest BCUT2D eigenvalue weighted by Crippen LogP contribution is -2.34. The number of nitrogens with one attached hydrogen (secondary N) is 1. The minimum absolute atomic E-state index is 0.214. The number of furan rings is 1. The molecule has 0 atom stereocenters. The van der Waals surface area contributed by atoms with Crippen LogP contribution in [0.2, 0.25) is 0 Å². The molecule has 8 heteroatoms. The SMILES string of the molecule is COCCNC(=O)c1cn(C2CCN(C/C=C/c3ccco3)CC2)nn1. The molecule has 2 aromatic rings. The zero-order valence-electron chi connectivity index (χ0n) is 15.0. The molecule has 1 N–H and O–H groups in total. The van der Waals surface area contributed by atoms with Crippen LogP contribution in [-0.4, -0.2) is 65.7 Å². The second kappa shape index (κ2) is 9.30. The summed E-state index contributed by atoms with van der Waals surface area (Å²) in [5.41, 5.74) is 0.352. The van der Waals surface area contributed by atoms with E-state index < -0.39 is 0 Å². The third-order valence-electron chi connectivity index (χ3n) is 4.45. The van der Waals surface area contributed by atoms with E-state index in [9.17, 15) is 4.79 Å². The molecule has 1 aliphatic heterocycles. The molecule has 0 bridgehead atoms. The topological polar surface area (TPSA) is 85.4 Å². The van der Waals surface area contributed by atoms with E-state index >= 15 is 0 Å². The second-order valence-corrected chi connectivity index (χ2v) is 6.28. The third-order valence-corrected chi connectivity index (χ3v) is 4.45. The van der Waals surface area contributed by atoms with Gasteiger partial charge in [0.2, 0.25) is 0 Å². The fraction of sp³-hybridized carbons (Fsp3) is 0.500. The number of hydrogen-bond donors (Lipinski definition) is 1. The number of nitrogens with zero attached hydrogens (tertiary/aromatic N) is 4. The van der Waals surface area contributed by atoms with Gasteiger partial charge in [0.15, 0.2) is 5.69 Å². The highest BCUT2D eigenvalue weighted by molar-refractivity contribution is 5.91. The first kappa shape index (κ1) is 18.3. The molecule has 2 aromatic heterocycles. The molecule has 140 valence electrons. The fourth-order valence-electron chi connectivity index (χ4n) is 2.99. The molecule has 0 radical (unpaired) electrons. The highest BCUT2D eigenvalue weighted by atomic mass is 16.5. The Morgan fingerprint density at radius 2 is 2.31 bits per heavy atom. The van der Waals surface area contributed by atoms with Crippen LogP contribution in [-0.2, 0) is 4.74 Å². The first-order valence-electron chi connectivity index (χ1n) is 8.87. The quantitative estimate of drug-likeness (QED) is 0.721. The van der Waals surface area contributed by atoms with Crippen molar-refractivity contribution in [1.82, 2.24) is 25.2 Å². The van der Waals surface area contributed by atoms with Gasteiger partial charge in [0, 0.05) is 33.3 Å². The van der Waals surface area contributed by atoms with E-state index in [1.54, 1.807) is 19.6 Å². The maximum atomic E-state index is 12.0. The van der Waals surface area contributed by atoms with Crippen LogP contribution in [0.5, 0.6) is 0 Å². The Morgan fingerprint density at radius 1 is 1.46 bits per heavy atom. The molecular formula is C18H25N5O3. The molecule has 26 heavy (non-hydrogen) atoms. The Labute approximate surface area is 152 Å². The highest BCUT2D eigenvalue weighted by Gasteiger charge is 2.22. The van der Waals surface area contributed by atoms with Gasteiger partial charge >= 0.3 is 0 Å². The monoisotopic (exact) mass is 359 g/mol. The summed E-state index contributed by atoms with van der Waals surface area (Å²) in [6, 6.07) is 4.11.